The molecule has 7 heteroatoms. The standard InChI is InChI=1S/C30H39N3O3.ClH/c1-20-14-17-26-25(18-20)32-28(24-16-15-23(35-2)19-27(24)36-3)33(26)30(29(31)34,21-10-6-4-7-11-21)22-12-8-5-9-13-22;/h14-19,21-22H,4-13H2,1-3H3,(H2,31,34);1H. The number of rotatable bonds is 7. The largest absolute Gasteiger partial charge is 1.00 e. The third-order valence-corrected chi connectivity index (χ3v) is 8.68. The van der Waals surface area contributed by atoms with Gasteiger partial charge in [-0.3, -0.25) is 4.79 Å². The minimum Gasteiger partial charge on any atom is -1.00 e. The van der Waals surface area contributed by atoms with E-state index in [9.17, 15) is 4.79 Å². The monoisotopic (exact) mass is 525 g/mol. The van der Waals surface area contributed by atoms with E-state index in [1.807, 2.05) is 18.2 Å². The van der Waals surface area contributed by atoms with Crippen LogP contribution in [-0.2, 0) is 10.3 Å². The number of methoxy groups -OCH3 is 2. The number of nitrogens with two attached hydrogens (primary N) is 1. The van der Waals surface area contributed by atoms with Crippen molar-refractivity contribution in [2.75, 3.05) is 14.2 Å². The molecule has 2 aliphatic rings. The Bertz CT molecular complexity index is 1230. The molecule has 6 nitrogen and oxygen atoms in total. The van der Waals surface area contributed by atoms with E-state index < -0.39 is 5.54 Å². The second-order valence-electron chi connectivity index (χ2n) is 10.7. The zero-order valence-electron chi connectivity index (χ0n) is 23.3. The molecule has 1 heterocycles. The van der Waals surface area contributed by atoms with Crippen molar-refractivity contribution in [3.8, 4) is 22.9 Å². The summed E-state index contributed by atoms with van der Waals surface area (Å²) in [6.45, 7) is 2.08. The number of benzene rings is 2. The molecule has 2 fully saturated rings. The van der Waals surface area contributed by atoms with Crippen molar-refractivity contribution in [3.63, 3.8) is 0 Å². The minimum absolute atomic E-state index is 0. The highest BCUT2D eigenvalue weighted by molar-refractivity contribution is 5.90. The molecule has 2 aromatic carbocycles. The van der Waals surface area contributed by atoms with Crippen LogP contribution >= 0.6 is 0 Å². The van der Waals surface area contributed by atoms with Crippen LogP contribution in [0.3, 0.4) is 0 Å². The Hall–Kier alpha value is -2.73. The molecule has 0 saturated heterocycles. The van der Waals surface area contributed by atoms with Crippen LogP contribution in [0, 0.1) is 18.8 Å². The molecule has 37 heavy (non-hydrogen) atoms. The smallest absolute Gasteiger partial charge is 1.00 e. The first-order valence-electron chi connectivity index (χ1n) is 13.5. The average molecular weight is 526 g/mol. The normalized spacial score (nSPS) is 17.4. The minimum atomic E-state index is -0.828. The number of primary amides is 1. The van der Waals surface area contributed by atoms with Crippen LogP contribution < -0.4 is 27.6 Å². The number of imidazole rings is 1. The Kier molecular flexibility index (Phi) is 8.37. The van der Waals surface area contributed by atoms with Gasteiger partial charge in [-0.05, 0) is 74.3 Å². The van der Waals surface area contributed by atoms with Crippen LogP contribution in [-0.4, -0.2) is 29.7 Å². The molecule has 0 atom stereocenters. The molecule has 0 unspecified atom stereocenters. The zero-order valence-corrected chi connectivity index (χ0v) is 23.0. The predicted molar refractivity (Wildman–Crippen MR) is 144 cm³/mol. The second kappa shape index (κ2) is 11.3. The van der Waals surface area contributed by atoms with Crippen molar-refractivity contribution >= 4 is 16.9 Å². The Morgan fingerprint density at radius 3 is 2.11 bits per heavy atom. The maximum absolute atomic E-state index is 14.0. The number of carbonyl (C=O) groups excluding carboxylic acids is 1. The molecule has 5 rings (SSSR count). The first-order chi connectivity index (χ1) is 17.5. The summed E-state index contributed by atoms with van der Waals surface area (Å²) in [6.07, 6.45) is 11.1. The maximum atomic E-state index is 14.0. The fraction of sp³-hybridized carbons (Fsp3) is 0.533. The van der Waals surface area contributed by atoms with Gasteiger partial charge >= 0.3 is 1.43 Å². The lowest BCUT2D eigenvalue weighted by Crippen LogP contribution is -3.00. The van der Waals surface area contributed by atoms with Gasteiger partial charge in [0.25, 0.3) is 0 Å². The van der Waals surface area contributed by atoms with Gasteiger partial charge in [-0.25, -0.2) is 4.98 Å². The van der Waals surface area contributed by atoms with E-state index in [1.54, 1.807) is 14.2 Å². The number of aromatic nitrogens is 2. The van der Waals surface area contributed by atoms with E-state index in [4.69, 9.17) is 20.2 Å². The summed E-state index contributed by atoms with van der Waals surface area (Å²) in [7, 11) is 3.32. The molecule has 0 bridgehead atoms. The summed E-state index contributed by atoms with van der Waals surface area (Å²) in [5.74, 6) is 2.31. The number of hydrogen-bond acceptors (Lipinski definition) is 4. The van der Waals surface area contributed by atoms with Crippen LogP contribution in [0.15, 0.2) is 36.4 Å². The number of amides is 1. The molecule has 1 aromatic heterocycles. The Labute approximate surface area is 227 Å². The van der Waals surface area contributed by atoms with Crippen LogP contribution in [0.5, 0.6) is 11.5 Å². The summed E-state index contributed by atoms with van der Waals surface area (Å²) in [5.41, 5.74) is 9.60. The van der Waals surface area contributed by atoms with Gasteiger partial charge < -0.3 is 32.2 Å². The number of aryl methyl sites for hydroxylation is 1. The summed E-state index contributed by atoms with van der Waals surface area (Å²) >= 11 is 0. The first-order valence-corrected chi connectivity index (χ1v) is 13.5. The van der Waals surface area contributed by atoms with E-state index in [0.717, 1.165) is 85.1 Å². The fourth-order valence-corrected chi connectivity index (χ4v) is 7.03. The number of nitrogens with zero attached hydrogens (tertiary/aromatic N) is 2. The molecule has 0 radical (unpaired) electrons. The number of fused-ring (bicyclic) bond motifs is 1. The van der Waals surface area contributed by atoms with Crippen molar-refractivity contribution in [2.45, 2.75) is 76.7 Å². The molecule has 1 amide bonds. The lowest BCUT2D eigenvalue weighted by Gasteiger charge is -2.48. The summed E-state index contributed by atoms with van der Waals surface area (Å²) in [4.78, 5) is 19.2. The van der Waals surface area contributed by atoms with Gasteiger partial charge in [0.15, 0.2) is 0 Å². The molecule has 2 aliphatic carbocycles. The second-order valence-corrected chi connectivity index (χ2v) is 10.7. The van der Waals surface area contributed by atoms with E-state index in [2.05, 4.69) is 29.7 Å². The van der Waals surface area contributed by atoms with Crippen LogP contribution in [0.2, 0.25) is 0 Å². The summed E-state index contributed by atoms with van der Waals surface area (Å²) in [5, 5.41) is 0. The molecule has 2 N–H and O–H groups in total. The van der Waals surface area contributed by atoms with Crippen molar-refractivity contribution in [1.82, 2.24) is 9.55 Å². The number of hydrogen-bond donors (Lipinski definition) is 1. The highest BCUT2D eigenvalue weighted by atomic mass is 35.5. The first kappa shape index (κ1) is 27.3. The number of carbonyl (C=O) groups is 1. The molecule has 3 aromatic rings. The van der Waals surface area contributed by atoms with Crippen molar-refractivity contribution in [1.29, 1.82) is 0 Å². The van der Waals surface area contributed by atoms with Gasteiger partial charge in [0.2, 0.25) is 5.91 Å². The third-order valence-electron chi connectivity index (χ3n) is 8.68. The van der Waals surface area contributed by atoms with Crippen LogP contribution in [0.25, 0.3) is 22.4 Å². The molecule has 0 spiro atoms. The van der Waals surface area contributed by atoms with E-state index in [0.29, 0.717) is 5.75 Å². The van der Waals surface area contributed by atoms with Gasteiger partial charge in [0.05, 0.1) is 30.8 Å². The SMILES string of the molecule is COc1ccc(-c2nc3cc(C)ccc3n2C(C(N)=O)(C2CCCCC2)C2CCCCC2)c(OC)c1.[Cl-].[H+]. The summed E-state index contributed by atoms with van der Waals surface area (Å²) < 4.78 is 13.5. The Morgan fingerprint density at radius 1 is 0.946 bits per heavy atom. The van der Waals surface area contributed by atoms with Crippen molar-refractivity contribution < 1.29 is 28.1 Å². The van der Waals surface area contributed by atoms with Gasteiger partial charge in [-0.1, -0.05) is 44.6 Å². The number of ether oxygens (including phenoxy) is 2. The number of halogens is 1. The zero-order chi connectivity index (χ0) is 25.3. The fourth-order valence-electron chi connectivity index (χ4n) is 7.03. The highest BCUT2D eigenvalue weighted by Gasteiger charge is 2.53. The molecule has 2 saturated carbocycles. The molecule has 200 valence electrons. The van der Waals surface area contributed by atoms with Crippen molar-refractivity contribution in [3.05, 3.63) is 42.0 Å². The average Bonchev–Trinajstić information content (AvgIpc) is 3.28. The van der Waals surface area contributed by atoms with E-state index in [1.165, 1.54) is 12.8 Å². The predicted octanol–water partition coefficient (Wildman–Crippen LogP) is 3.49. The third kappa shape index (κ3) is 4.69. The molecular formula is C30H40ClN3O3. The lowest BCUT2D eigenvalue weighted by molar-refractivity contribution is -0.135. The quantitative estimate of drug-likeness (QED) is 0.512. The lowest BCUT2D eigenvalue weighted by atomic mass is 9.63. The van der Waals surface area contributed by atoms with E-state index in [-0.39, 0.29) is 31.6 Å². The van der Waals surface area contributed by atoms with Gasteiger partial charge in [-0.15, -0.1) is 0 Å². The summed E-state index contributed by atoms with van der Waals surface area (Å²) in [6, 6.07) is 12.2. The van der Waals surface area contributed by atoms with E-state index >= 15 is 0 Å². The highest BCUT2D eigenvalue weighted by Crippen LogP contribution is 2.51. The van der Waals surface area contributed by atoms with Gasteiger partial charge in [0, 0.05) is 6.07 Å². The van der Waals surface area contributed by atoms with Gasteiger partial charge in [0.1, 0.15) is 22.9 Å². The molecular weight excluding hydrogens is 486 g/mol. The van der Waals surface area contributed by atoms with Crippen LogP contribution in [0.1, 0.15) is 71.2 Å². The topological polar surface area (TPSA) is 79.4 Å². The Morgan fingerprint density at radius 2 is 1.57 bits per heavy atom. The maximum Gasteiger partial charge on any atom is 1.00 e. The van der Waals surface area contributed by atoms with Gasteiger partial charge in [-0.2, -0.15) is 0 Å². The molecule has 0 aliphatic heterocycles. The van der Waals surface area contributed by atoms with Crippen LogP contribution in [0.4, 0.5) is 0 Å². The van der Waals surface area contributed by atoms with Crippen molar-refractivity contribution in [2.24, 2.45) is 17.6 Å². The Balaban J connectivity index is 0.00000200.